The van der Waals surface area contributed by atoms with E-state index in [1.54, 1.807) is 12.3 Å². The predicted octanol–water partition coefficient (Wildman–Crippen LogP) is 4.71. The van der Waals surface area contributed by atoms with Crippen molar-refractivity contribution in [1.29, 1.82) is 0 Å². The second-order valence-corrected chi connectivity index (χ2v) is 4.75. The van der Waals surface area contributed by atoms with Gasteiger partial charge in [-0.25, -0.2) is 0 Å². The predicted molar refractivity (Wildman–Crippen MR) is 70.1 cm³/mol. The summed E-state index contributed by atoms with van der Waals surface area (Å²) in [5, 5.41) is 3.28. The lowest BCUT2D eigenvalue weighted by Gasteiger charge is -2.19. The first kappa shape index (κ1) is 14.7. The molecule has 0 fully saturated rings. The second kappa shape index (κ2) is 5.71. The van der Waals surface area contributed by atoms with E-state index in [-0.39, 0.29) is 12.1 Å². The lowest BCUT2D eigenvalue weighted by molar-refractivity contribution is -0.137. The van der Waals surface area contributed by atoms with Crippen LogP contribution in [0.3, 0.4) is 0 Å². The number of hydrogen-bond acceptors (Lipinski definition) is 2. The van der Waals surface area contributed by atoms with Gasteiger partial charge in [-0.1, -0.05) is 12.1 Å². The maximum absolute atomic E-state index is 12.5. The van der Waals surface area contributed by atoms with Crippen molar-refractivity contribution in [1.82, 2.24) is 5.32 Å². The third kappa shape index (κ3) is 3.42. The van der Waals surface area contributed by atoms with Crippen molar-refractivity contribution in [2.24, 2.45) is 0 Å². The zero-order chi connectivity index (χ0) is 14.8. The average Bonchev–Trinajstić information content (AvgIpc) is 2.91. The van der Waals surface area contributed by atoms with Gasteiger partial charge in [0.25, 0.3) is 0 Å². The molecule has 0 spiro atoms. The quantitative estimate of drug-likeness (QED) is 0.879. The third-order valence-electron chi connectivity index (χ3n) is 3.21. The Labute approximate surface area is 115 Å². The molecule has 2 rings (SSSR count). The first-order chi connectivity index (χ1) is 9.38. The van der Waals surface area contributed by atoms with Crippen LogP contribution in [0.1, 0.15) is 42.8 Å². The molecular formula is C15H16F3NO. The molecule has 1 heterocycles. The largest absolute Gasteiger partial charge is 0.468 e. The number of benzene rings is 1. The number of furan rings is 1. The minimum Gasteiger partial charge on any atom is -0.468 e. The van der Waals surface area contributed by atoms with Crippen LogP contribution in [0.15, 0.2) is 47.1 Å². The van der Waals surface area contributed by atoms with Crippen LogP contribution in [0.2, 0.25) is 0 Å². The Morgan fingerprint density at radius 3 is 2.15 bits per heavy atom. The van der Waals surface area contributed by atoms with Gasteiger partial charge in [0, 0.05) is 6.04 Å². The molecular weight excluding hydrogens is 267 g/mol. The van der Waals surface area contributed by atoms with E-state index in [0.29, 0.717) is 0 Å². The molecule has 0 aliphatic rings. The normalized spacial score (nSPS) is 15.1. The van der Waals surface area contributed by atoms with E-state index in [9.17, 15) is 13.2 Å². The van der Waals surface area contributed by atoms with E-state index in [1.807, 2.05) is 19.9 Å². The van der Waals surface area contributed by atoms with Crippen molar-refractivity contribution >= 4 is 0 Å². The van der Waals surface area contributed by atoms with Gasteiger partial charge in [-0.2, -0.15) is 13.2 Å². The van der Waals surface area contributed by atoms with Crippen LogP contribution in [0.4, 0.5) is 13.2 Å². The molecule has 2 atom stereocenters. The fourth-order valence-electron chi connectivity index (χ4n) is 2.05. The van der Waals surface area contributed by atoms with Gasteiger partial charge >= 0.3 is 6.18 Å². The molecule has 1 aromatic heterocycles. The summed E-state index contributed by atoms with van der Waals surface area (Å²) in [6.45, 7) is 3.85. The maximum Gasteiger partial charge on any atom is 0.416 e. The summed E-state index contributed by atoms with van der Waals surface area (Å²) in [7, 11) is 0. The monoisotopic (exact) mass is 283 g/mol. The SMILES string of the molecule is CC(NC(C)c1ccco1)c1ccc(C(F)(F)F)cc1. The molecule has 0 saturated carbocycles. The minimum atomic E-state index is -4.29. The van der Waals surface area contributed by atoms with Gasteiger partial charge in [0.05, 0.1) is 17.9 Å². The van der Waals surface area contributed by atoms with Crippen LogP contribution < -0.4 is 5.32 Å². The Kier molecular flexibility index (Phi) is 4.18. The molecule has 0 radical (unpaired) electrons. The molecule has 108 valence electrons. The molecule has 0 aliphatic carbocycles. The lowest BCUT2D eigenvalue weighted by Crippen LogP contribution is -2.22. The van der Waals surface area contributed by atoms with Crippen LogP contribution in [-0.4, -0.2) is 0 Å². The first-order valence-corrected chi connectivity index (χ1v) is 6.34. The summed E-state index contributed by atoms with van der Waals surface area (Å²) >= 11 is 0. The minimum absolute atomic E-state index is 0.0118. The smallest absolute Gasteiger partial charge is 0.416 e. The number of rotatable bonds is 4. The van der Waals surface area contributed by atoms with Crippen molar-refractivity contribution in [3.05, 3.63) is 59.5 Å². The van der Waals surface area contributed by atoms with Crippen LogP contribution in [0, 0.1) is 0 Å². The highest BCUT2D eigenvalue weighted by Crippen LogP contribution is 2.30. The molecule has 1 N–H and O–H groups in total. The molecule has 0 amide bonds. The van der Waals surface area contributed by atoms with Crippen molar-refractivity contribution in [2.45, 2.75) is 32.1 Å². The van der Waals surface area contributed by atoms with Gasteiger partial charge in [-0.3, -0.25) is 0 Å². The van der Waals surface area contributed by atoms with E-state index in [0.717, 1.165) is 23.5 Å². The molecule has 2 nitrogen and oxygen atoms in total. The highest BCUT2D eigenvalue weighted by molar-refractivity contribution is 5.26. The fraction of sp³-hybridized carbons (Fsp3) is 0.333. The van der Waals surface area contributed by atoms with E-state index in [4.69, 9.17) is 4.42 Å². The topological polar surface area (TPSA) is 25.2 Å². The summed E-state index contributed by atoms with van der Waals surface area (Å²) in [4.78, 5) is 0. The second-order valence-electron chi connectivity index (χ2n) is 4.75. The van der Waals surface area contributed by atoms with Crippen LogP contribution in [0.25, 0.3) is 0 Å². The molecule has 5 heteroatoms. The Balaban J connectivity index is 2.04. The van der Waals surface area contributed by atoms with Crippen molar-refractivity contribution in [3.63, 3.8) is 0 Å². The van der Waals surface area contributed by atoms with E-state index in [1.165, 1.54) is 12.1 Å². The van der Waals surface area contributed by atoms with E-state index < -0.39 is 11.7 Å². The van der Waals surface area contributed by atoms with E-state index in [2.05, 4.69) is 5.32 Å². The summed E-state index contributed by atoms with van der Waals surface area (Å²) in [6.07, 6.45) is -2.70. The van der Waals surface area contributed by atoms with Crippen molar-refractivity contribution < 1.29 is 17.6 Å². The number of hydrogen-bond donors (Lipinski definition) is 1. The first-order valence-electron chi connectivity index (χ1n) is 6.34. The van der Waals surface area contributed by atoms with Crippen LogP contribution in [-0.2, 0) is 6.18 Å². The van der Waals surface area contributed by atoms with Crippen molar-refractivity contribution in [3.8, 4) is 0 Å². The number of nitrogens with one attached hydrogen (secondary N) is 1. The van der Waals surface area contributed by atoms with Gasteiger partial charge in [-0.15, -0.1) is 0 Å². The molecule has 20 heavy (non-hydrogen) atoms. The highest BCUT2D eigenvalue weighted by atomic mass is 19.4. The molecule has 2 unspecified atom stereocenters. The van der Waals surface area contributed by atoms with Gasteiger partial charge in [0.1, 0.15) is 5.76 Å². The fourth-order valence-corrected chi connectivity index (χ4v) is 2.05. The number of alkyl halides is 3. The highest BCUT2D eigenvalue weighted by Gasteiger charge is 2.30. The van der Waals surface area contributed by atoms with Gasteiger partial charge in [0.2, 0.25) is 0 Å². The standard InChI is InChI=1S/C15H16F3NO/c1-10(19-11(2)14-4-3-9-20-14)12-5-7-13(8-6-12)15(16,17)18/h3-11,19H,1-2H3. The molecule has 0 bridgehead atoms. The Morgan fingerprint density at radius 2 is 1.65 bits per heavy atom. The summed E-state index contributed by atoms with van der Waals surface area (Å²) in [5.41, 5.74) is 0.170. The Bertz CT molecular complexity index is 531. The zero-order valence-corrected chi connectivity index (χ0v) is 11.2. The molecule has 2 aromatic rings. The van der Waals surface area contributed by atoms with Gasteiger partial charge < -0.3 is 9.73 Å². The van der Waals surface area contributed by atoms with Crippen molar-refractivity contribution in [2.75, 3.05) is 0 Å². The van der Waals surface area contributed by atoms with Crippen LogP contribution >= 0.6 is 0 Å². The summed E-state index contributed by atoms with van der Waals surface area (Å²) < 4.78 is 42.8. The summed E-state index contributed by atoms with van der Waals surface area (Å²) in [6, 6.07) is 8.77. The molecule has 1 aromatic carbocycles. The zero-order valence-electron chi connectivity index (χ0n) is 11.2. The van der Waals surface area contributed by atoms with E-state index >= 15 is 0 Å². The van der Waals surface area contributed by atoms with Gasteiger partial charge in [0.15, 0.2) is 0 Å². The van der Waals surface area contributed by atoms with Crippen LogP contribution in [0.5, 0.6) is 0 Å². The molecule has 0 saturated heterocycles. The number of halogens is 3. The molecule has 0 aliphatic heterocycles. The Morgan fingerprint density at radius 1 is 1.00 bits per heavy atom. The van der Waals surface area contributed by atoms with Gasteiger partial charge in [-0.05, 0) is 43.7 Å². The maximum atomic E-state index is 12.5. The lowest BCUT2D eigenvalue weighted by atomic mass is 10.0. The summed E-state index contributed by atoms with van der Waals surface area (Å²) in [5.74, 6) is 0.795. The Hall–Kier alpha value is -1.75. The average molecular weight is 283 g/mol. The third-order valence-corrected chi connectivity index (χ3v) is 3.21.